The Bertz CT molecular complexity index is 558. The molecule has 0 unspecified atom stereocenters. The highest BCUT2D eigenvalue weighted by Gasteiger charge is 2.21. The molecule has 102 valence electrons. The highest BCUT2D eigenvalue weighted by atomic mass is 16.1. The lowest BCUT2D eigenvalue weighted by molar-refractivity contribution is 0.0946. The third-order valence-electron chi connectivity index (χ3n) is 3.19. The number of carbonyl (C=O) groups excluding carboxylic acids is 1. The normalized spacial score (nSPS) is 15.4. The number of nitrogens with one attached hydrogen (secondary N) is 1. The minimum atomic E-state index is -0.108. The molecule has 1 aliphatic rings. The maximum absolute atomic E-state index is 11.9. The molecule has 1 amide bonds. The molecule has 0 bridgehead atoms. The van der Waals surface area contributed by atoms with Crippen molar-refractivity contribution < 1.29 is 4.79 Å². The lowest BCUT2D eigenvalue weighted by Crippen LogP contribution is -2.33. The molecule has 0 saturated heterocycles. The largest absolute Gasteiger partial charge is 0.401 e. The number of allylic oxidation sites excluding steroid dienone is 1. The van der Waals surface area contributed by atoms with Gasteiger partial charge in [-0.2, -0.15) is 0 Å². The SMILES string of the molecule is C/C(N)=C(\c1cc(N)c2c(c1)C(=O)NCC2)N(C)N. The number of hydrogen-bond acceptors (Lipinski definition) is 5. The molecule has 6 heteroatoms. The van der Waals surface area contributed by atoms with E-state index in [9.17, 15) is 4.79 Å². The van der Waals surface area contributed by atoms with E-state index < -0.39 is 0 Å². The minimum absolute atomic E-state index is 0.108. The summed E-state index contributed by atoms with van der Waals surface area (Å²) in [6.07, 6.45) is 0.742. The molecule has 0 aliphatic carbocycles. The van der Waals surface area contributed by atoms with Crippen molar-refractivity contribution in [2.75, 3.05) is 19.3 Å². The second-order valence-corrected chi connectivity index (χ2v) is 4.74. The highest BCUT2D eigenvalue weighted by Crippen LogP contribution is 2.28. The minimum Gasteiger partial charge on any atom is -0.401 e. The van der Waals surface area contributed by atoms with Gasteiger partial charge in [-0.1, -0.05) is 0 Å². The van der Waals surface area contributed by atoms with Crippen LogP contribution in [0.15, 0.2) is 17.8 Å². The summed E-state index contributed by atoms with van der Waals surface area (Å²) in [5.41, 5.74) is 16.0. The predicted octanol–water partition coefficient (Wildman–Crippen LogP) is 0.00740. The van der Waals surface area contributed by atoms with Crippen LogP contribution in [0.5, 0.6) is 0 Å². The van der Waals surface area contributed by atoms with Crippen molar-refractivity contribution in [1.29, 1.82) is 0 Å². The van der Waals surface area contributed by atoms with Crippen molar-refractivity contribution in [3.63, 3.8) is 0 Å². The molecule has 1 aromatic rings. The fourth-order valence-electron chi connectivity index (χ4n) is 2.42. The second-order valence-electron chi connectivity index (χ2n) is 4.74. The second kappa shape index (κ2) is 4.81. The summed E-state index contributed by atoms with van der Waals surface area (Å²) in [5, 5.41) is 4.23. The summed E-state index contributed by atoms with van der Waals surface area (Å²) in [7, 11) is 1.70. The van der Waals surface area contributed by atoms with E-state index in [0.29, 0.717) is 29.2 Å². The number of anilines is 1. The first-order chi connectivity index (χ1) is 8.91. The summed E-state index contributed by atoms with van der Waals surface area (Å²) in [6.45, 7) is 2.37. The van der Waals surface area contributed by atoms with Gasteiger partial charge in [-0.05, 0) is 31.0 Å². The first-order valence-corrected chi connectivity index (χ1v) is 6.07. The van der Waals surface area contributed by atoms with Crippen LogP contribution in [0.1, 0.15) is 28.4 Å². The van der Waals surface area contributed by atoms with Crippen LogP contribution in [0, 0.1) is 0 Å². The van der Waals surface area contributed by atoms with Gasteiger partial charge in [0, 0.05) is 36.1 Å². The molecule has 0 atom stereocenters. The molecule has 0 fully saturated rings. The van der Waals surface area contributed by atoms with Gasteiger partial charge < -0.3 is 21.8 Å². The van der Waals surface area contributed by atoms with E-state index in [0.717, 1.165) is 17.5 Å². The van der Waals surface area contributed by atoms with Gasteiger partial charge in [0.1, 0.15) is 0 Å². The highest BCUT2D eigenvalue weighted by molar-refractivity contribution is 5.99. The van der Waals surface area contributed by atoms with E-state index in [2.05, 4.69) is 5.32 Å². The summed E-state index contributed by atoms with van der Waals surface area (Å²) < 4.78 is 0. The van der Waals surface area contributed by atoms with Crippen molar-refractivity contribution in [3.8, 4) is 0 Å². The van der Waals surface area contributed by atoms with Crippen molar-refractivity contribution >= 4 is 17.3 Å². The zero-order valence-electron chi connectivity index (χ0n) is 11.2. The summed E-state index contributed by atoms with van der Waals surface area (Å²) >= 11 is 0. The smallest absolute Gasteiger partial charge is 0.251 e. The molecule has 6 nitrogen and oxygen atoms in total. The van der Waals surface area contributed by atoms with E-state index >= 15 is 0 Å². The van der Waals surface area contributed by atoms with E-state index in [-0.39, 0.29) is 5.91 Å². The molecule has 1 heterocycles. The van der Waals surface area contributed by atoms with Crippen molar-refractivity contribution in [3.05, 3.63) is 34.5 Å². The number of benzene rings is 1. The molecule has 0 aromatic heterocycles. The van der Waals surface area contributed by atoms with Crippen molar-refractivity contribution in [2.24, 2.45) is 11.6 Å². The monoisotopic (exact) mass is 261 g/mol. The number of nitrogens with zero attached hydrogens (tertiary/aromatic N) is 1. The first kappa shape index (κ1) is 13.2. The van der Waals surface area contributed by atoms with E-state index in [1.54, 1.807) is 20.0 Å². The third-order valence-corrected chi connectivity index (χ3v) is 3.19. The molecule has 19 heavy (non-hydrogen) atoms. The number of rotatable bonds is 2. The molecular formula is C13H19N5O. The van der Waals surface area contributed by atoms with Gasteiger partial charge in [0.15, 0.2) is 0 Å². The molecule has 1 aliphatic heterocycles. The third kappa shape index (κ3) is 2.34. The number of hydrogen-bond donors (Lipinski definition) is 4. The number of amides is 1. The van der Waals surface area contributed by atoms with Crippen LogP contribution in [-0.2, 0) is 6.42 Å². The first-order valence-electron chi connectivity index (χ1n) is 6.07. The Morgan fingerprint density at radius 3 is 2.68 bits per heavy atom. The van der Waals surface area contributed by atoms with Gasteiger partial charge >= 0.3 is 0 Å². The summed E-state index contributed by atoms with van der Waals surface area (Å²) in [4.78, 5) is 11.9. The average molecular weight is 261 g/mol. The Balaban J connectivity index is 2.62. The lowest BCUT2D eigenvalue weighted by Gasteiger charge is -2.23. The Labute approximate surface area is 112 Å². The summed E-state index contributed by atoms with van der Waals surface area (Å²) in [5.74, 6) is 5.68. The number of fused-ring (bicyclic) bond motifs is 1. The number of hydrazine groups is 1. The van der Waals surface area contributed by atoms with Crippen LogP contribution in [0.2, 0.25) is 0 Å². The Morgan fingerprint density at radius 1 is 1.42 bits per heavy atom. The van der Waals surface area contributed by atoms with Crippen molar-refractivity contribution in [2.45, 2.75) is 13.3 Å². The van der Waals surface area contributed by atoms with Crippen LogP contribution >= 0.6 is 0 Å². The van der Waals surface area contributed by atoms with Crippen LogP contribution in [0.4, 0.5) is 5.69 Å². The van der Waals surface area contributed by atoms with Crippen LogP contribution in [-0.4, -0.2) is 24.5 Å². The fraction of sp³-hybridized carbons (Fsp3) is 0.308. The number of carbonyl (C=O) groups is 1. The Morgan fingerprint density at radius 2 is 2.11 bits per heavy atom. The van der Waals surface area contributed by atoms with Gasteiger partial charge in [0.2, 0.25) is 0 Å². The van der Waals surface area contributed by atoms with Gasteiger partial charge in [-0.25, -0.2) is 5.84 Å². The van der Waals surface area contributed by atoms with Crippen LogP contribution in [0.3, 0.4) is 0 Å². The van der Waals surface area contributed by atoms with E-state index in [4.69, 9.17) is 17.3 Å². The molecule has 0 saturated carbocycles. The van der Waals surface area contributed by atoms with Gasteiger partial charge in [0.25, 0.3) is 5.91 Å². The van der Waals surface area contributed by atoms with Gasteiger partial charge in [-0.3, -0.25) is 4.79 Å². The zero-order valence-corrected chi connectivity index (χ0v) is 11.2. The quantitative estimate of drug-likeness (QED) is 0.340. The molecular weight excluding hydrogens is 242 g/mol. The van der Waals surface area contributed by atoms with Gasteiger partial charge in [-0.15, -0.1) is 0 Å². The molecule has 0 radical (unpaired) electrons. The zero-order chi connectivity index (χ0) is 14.2. The average Bonchev–Trinajstić information content (AvgIpc) is 2.29. The maximum Gasteiger partial charge on any atom is 0.251 e. The summed E-state index contributed by atoms with van der Waals surface area (Å²) in [6, 6.07) is 3.60. The van der Waals surface area contributed by atoms with Crippen LogP contribution < -0.4 is 22.6 Å². The molecule has 2 rings (SSSR count). The number of nitrogen functional groups attached to an aromatic ring is 1. The van der Waals surface area contributed by atoms with Crippen molar-refractivity contribution in [1.82, 2.24) is 10.3 Å². The standard InChI is InChI=1S/C13H19N5O/c1-7(14)12(18(2)16)8-5-10-9(11(15)6-8)3-4-17-13(10)19/h5-6H,3-4,14-16H2,1-2H3,(H,17,19)/b12-7-. The Kier molecular flexibility index (Phi) is 3.35. The topological polar surface area (TPSA) is 110 Å². The predicted molar refractivity (Wildman–Crippen MR) is 75.6 cm³/mol. The van der Waals surface area contributed by atoms with E-state index in [1.165, 1.54) is 5.01 Å². The molecule has 1 aromatic carbocycles. The number of nitrogens with two attached hydrogens (primary N) is 3. The van der Waals surface area contributed by atoms with E-state index in [1.807, 2.05) is 6.07 Å². The molecule has 0 spiro atoms. The Hall–Kier alpha value is -2.21. The van der Waals surface area contributed by atoms with Crippen LogP contribution in [0.25, 0.3) is 5.70 Å². The van der Waals surface area contributed by atoms with Gasteiger partial charge in [0.05, 0.1) is 5.70 Å². The lowest BCUT2D eigenvalue weighted by atomic mass is 9.94. The maximum atomic E-state index is 11.9. The fourth-order valence-corrected chi connectivity index (χ4v) is 2.42. The molecule has 7 N–H and O–H groups in total.